The summed E-state index contributed by atoms with van der Waals surface area (Å²) in [6, 6.07) is 9.00. The van der Waals surface area contributed by atoms with E-state index in [1.807, 2.05) is 18.3 Å². The molecule has 0 amide bonds. The van der Waals surface area contributed by atoms with Crippen LogP contribution in [0.5, 0.6) is 0 Å². The van der Waals surface area contributed by atoms with Gasteiger partial charge in [-0.1, -0.05) is 0 Å². The third-order valence-electron chi connectivity index (χ3n) is 6.47. The highest BCUT2D eigenvalue weighted by molar-refractivity contribution is 7.07. The van der Waals surface area contributed by atoms with E-state index in [1.165, 1.54) is 23.5 Å². The summed E-state index contributed by atoms with van der Waals surface area (Å²) in [4.78, 5) is 9.96. The second-order valence-electron chi connectivity index (χ2n) is 7.99. The van der Waals surface area contributed by atoms with Crippen LogP contribution in [0.25, 0.3) is 11.3 Å². The number of likely N-dealkylation sites (tertiary alicyclic amines) is 1. The van der Waals surface area contributed by atoms with Crippen LogP contribution in [0.4, 0.5) is 4.39 Å². The predicted molar refractivity (Wildman–Crippen MR) is 111 cm³/mol. The molecule has 4 heterocycles. The first-order valence-corrected chi connectivity index (χ1v) is 10.9. The number of halogens is 1. The number of nitrogens with zero attached hydrogens (tertiary/aromatic N) is 4. The lowest BCUT2D eigenvalue weighted by atomic mass is 9.83. The van der Waals surface area contributed by atoms with Crippen molar-refractivity contribution in [3.05, 3.63) is 64.5 Å². The zero-order valence-electron chi connectivity index (χ0n) is 16.1. The second kappa shape index (κ2) is 7.10. The molecule has 1 fully saturated rings. The van der Waals surface area contributed by atoms with Crippen LogP contribution in [0.15, 0.2) is 47.3 Å². The van der Waals surface area contributed by atoms with Crippen LogP contribution < -0.4 is 0 Å². The maximum Gasteiger partial charge on any atom is 0.129 e. The van der Waals surface area contributed by atoms with E-state index in [0.29, 0.717) is 0 Å². The average Bonchev–Trinajstić information content (AvgIpc) is 3.37. The third-order valence-corrected chi connectivity index (χ3v) is 7.20. The molecule has 0 radical (unpaired) electrons. The summed E-state index contributed by atoms with van der Waals surface area (Å²) >= 11 is 1.77. The van der Waals surface area contributed by atoms with Crippen LogP contribution >= 0.6 is 11.3 Å². The minimum absolute atomic E-state index is 0.00166. The Hall–Kier alpha value is -2.02. The molecule has 6 heteroatoms. The normalized spacial score (nSPS) is 19.8. The van der Waals surface area contributed by atoms with Gasteiger partial charge >= 0.3 is 0 Å². The summed E-state index contributed by atoms with van der Waals surface area (Å²) in [5.74, 6) is 0.979. The number of imidazole rings is 1. The van der Waals surface area contributed by atoms with Crippen molar-refractivity contribution in [2.75, 3.05) is 26.7 Å². The van der Waals surface area contributed by atoms with Crippen LogP contribution in [0, 0.1) is 5.82 Å². The van der Waals surface area contributed by atoms with Gasteiger partial charge in [0.25, 0.3) is 0 Å². The summed E-state index contributed by atoms with van der Waals surface area (Å²) in [7, 11) is 2.24. The molecule has 1 saturated heterocycles. The fourth-order valence-corrected chi connectivity index (χ4v) is 5.45. The Balaban J connectivity index is 1.42. The molecular weight excluding hydrogens is 371 g/mol. The highest BCUT2D eigenvalue weighted by Crippen LogP contribution is 2.41. The molecule has 1 aromatic carbocycles. The van der Waals surface area contributed by atoms with Crippen LogP contribution in [0.2, 0.25) is 0 Å². The molecular formula is C22H25FN4S. The lowest BCUT2D eigenvalue weighted by Crippen LogP contribution is -2.56. The molecule has 5 rings (SSSR count). The quantitative estimate of drug-likeness (QED) is 0.664. The molecule has 0 unspecified atom stereocenters. The Morgan fingerprint density at radius 1 is 1.07 bits per heavy atom. The monoisotopic (exact) mass is 396 g/mol. The molecule has 0 atom stereocenters. The summed E-state index contributed by atoms with van der Waals surface area (Å²) in [6.07, 6.45) is 4.15. The van der Waals surface area contributed by atoms with Crippen molar-refractivity contribution in [1.82, 2.24) is 19.4 Å². The van der Waals surface area contributed by atoms with Crippen molar-refractivity contribution in [3.8, 4) is 11.3 Å². The Bertz CT molecular complexity index is 940. The van der Waals surface area contributed by atoms with E-state index in [4.69, 9.17) is 4.98 Å². The van der Waals surface area contributed by atoms with Crippen molar-refractivity contribution in [2.24, 2.45) is 0 Å². The van der Waals surface area contributed by atoms with Gasteiger partial charge in [-0.15, -0.1) is 0 Å². The van der Waals surface area contributed by atoms with Crippen molar-refractivity contribution in [3.63, 3.8) is 0 Å². The lowest BCUT2D eigenvalue weighted by molar-refractivity contribution is 0.00703. The lowest BCUT2D eigenvalue weighted by Gasteiger charge is -2.49. The van der Waals surface area contributed by atoms with E-state index >= 15 is 0 Å². The van der Waals surface area contributed by atoms with Gasteiger partial charge in [-0.3, -0.25) is 9.80 Å². The fourth-order valence-electron chi connectivity index (χ4n) is 4.79. The number of fused-ring (bicyclic) bond motifs is 2. The zero-order chi connectivity index (χ0) is 19.1. The molecule has 0 saturated carbocycles. The molecule has 2 aliphatic rings. The van der Waals surface area contributed by atoms with E-state index in [9.17, 15) is 4.39 Å². The number of hydrogen-bond acceptors (Lipinski definition) is 4. The molecule has 1 spiro atoms. The first-order chi connectivity index (χ1) is 13.7. The molecule has 2 aliphatic heterocycles. The van der Waals surface area contributed by atoms with Gasteiger partial charge in [0, 0.05) is 32.7 Å². The van der Waals surface area contributed by atoms with Gasteiger partial charge in [-0.05, 0) is 72.1 Å². The molecule has 0 N–H and O–H groups in total. The largest absolute Gasteiger partial charge is 0.325 e. The maximum atomic E-state index is 13.3. The maximum absolute atomic E-state index is 13.3. The van der Waals surface area contributed by atoms with Gasteiger partial charge in [0.15, 0.2) is 0 Å². The van der Waals surface area contributed by atoms with Crippen LogP contribution in [0.3, 0.4) is 0 Å². The summed E-state index contributed by atoms with van der Waals surface area (Å²) in [5.41, 5.74) is 3.55. The van der Waals surface area contributed by atoms with Gasteiger partial charge < -0.3 is 4.57 Å². The number of piperidine rings is 1. The Morgan fingerprint density at radius 2 is 1.86 bits per heavy atom. The molecule has 0 aliphatic carbocycles. The van der Waals surface area contributed by atoms with Gasteiger partial charge in [0.05, 0.1) is 17.4 Å². The molecule has 0 bridgehead atoms. The molecule has 28 heavy (non-hydrogen) atoms. The Morgan fingerprint density at radius 3 is 2.57 bits per heavy atom. The first kappa shape index (κ1) is 18.0. The number of likely N-dealkylation sites (N-methyl/N-ethyl adjacent to an activating group) is 1. The summed E-state index contributed by atoms with van der Waals surface area (Å²) in [5, 5.41) is 4.41. The standard InChI is InChI=1S/C22H25FN4S/c1-25-11-12-27-20(18-2-4-19(23)5-3-18)14-24-21(27)22(25)7-9-26(10-8-22)15-17-6-13-28-16-17/h2-6,13-14,16H,7-12,15H2,1H3. The molecule has 4 nitrogen and oxygen atoms in total. The third kappa shape index (κ3) is 3.00. The van der Waals surface area contributed by atoms with Gasteiger partial charge in [0.2, 0.25) is 0 Å². The van der Waals surface area contributed by atoms with Crippen LogP contribution in [-0.2, 0) is 18.6 Å². The van der Waals surface area contributed by atoms with Crippen molar-refractivity contribution in [1.29, 1.82) is 0 Å². The number of rotatable bonds is 3. The summed E-state index contributed by atoms with van der Waals surface area (Å²) in [6.45, 7) is 5.15. The Labute approximate surface area is 169 Å². The highest BCUT2D eigenvalue weighted by atomic mass is 32.1. The topological polar surface area (TPSA) is 24.3 Å². The number of aromatic nitrogens is 2. The number of benzene rings is 1. The second-order valence-corrected chi connectivity index (χ2v) is 8.77. The Kier molecular flexibility index (Phi) is 4.57. The van der Waals surface area contributed by atoms with Gasteiger partial charge in [-0.2, -0.15) is 11.3 Å². The van der Waals surface area contributed by atoms with E-state index in [1.54, 1.807) is 11.3 Å². The van der Waals surface area contributed by atoms with Crippen LogP contribution in [0.1, 0.15) is 24.2 Å². The van der Waals surface area contributed by atoms with Crippen LogP contribution in [-0.4, -0.2) is 46.0 Å². The highest BCUT2D eigenvalue weighted by Gasteiger charge is 2.45. The molecule has 2 aromatic heterocycles. The molecule has 146 valence electrons. The smallest absolute Gasteiger partial charge is 0.129 e. The zero-order valence-corrected chi connectivity index (χ0v) is 17.0. The minimum Gasteiger partial charge on any atom is -0.325 e. The summed E-state index contributed by atoms with van der Waals surface area (Å²) < 4.78 is 15.7. The first-order valence-electron chi connectivity index (χ1n) is 9.92. The van der Waals surface area contributed by atoms with Gasteiger partial charge in [-0.25, -0.2) is 9.37 Å². The number of thiophene rings is 1. The minimum atomic E-state index is -0.198. The van der Waals surface area contributed by atoms with E-state index < -0.39 is 0 Å². The van der Waals surface area contributed by atoms with Crippen molar-refractivity contribution in [2.45, 2.75) is 31.5 Å². The van der Waals surface area contributed by atoms with Crippen molar-refractivity contribution >= 4 is 11.3 Å². The number of hydrogen-bond donors (Lipinski definition) is 0. The fraction of sp³-hybridized carbons (Fsp3) is 0.409. The average molecular weight is 397 g/mol. The van der Waals surface area contributed by atoms with E-state index in [0.717, 1.165) is 56.8 Å². The van der Waals surface area contributed by atoms with E-state index in [2.05, 4.69) is 38.2 Å². The van der Waals surface area contributed by atoms with E-state index in [-0.39, 0.29) is 11.4 Å². The molecule has 3 aromatic rings. The SMILES string of the molecule is CN1CCn2c(-c3ccc(F)cc3)cnc2C12CCN(Cc1ccsc1)CC2. The van der Waals surface area contributed by atoms with Crippen molar-refractivity contribution < 1.29 is 4.39 Å². The predicted octanol–water partition coefficient (Wildman–Crippen LogP) is 4.19. The van der Waals surface area contributed by atoms with Gasteiger partial charge in [0.1, 0.15) is 11.6 Å².